The SMILES string of the molecule is CCCCCCCCCCCCCCCCCCOCC(COC(=O)NCCC(C)(C)OCC)OCCCCCCCCCCCCCCCCCC. The molecular weight excluding hydrogens is 659 g/mol. The molecule has 1 unspecified atom stereocenters. The molecular formula is C47H95NO5. The predicted octanol–water partition coefficient (Wildman–Crippen LogP) is 14.8. The molecule has 0 heterocycles. The highest BCUT2D eigenvalue weighted by Gasteiger charge is 2.18. The first-order chi connectivity index (χ1) is 25.9. The zero-order valence-electron chi connectivity index (χ0n) is 36.7. The highest BCUT2D eigenvalue weighted by atomic mass is 16.6. The maximum absolute atomic E-state index is 12.4. The van der Waals surface area contributed by atoms with Gasteiger partial charge >= 0.3 is 6.09 Å². The number of rotatable bonds is 44. The number of carbonyl (C=O) groups is 1. The summed E-state index contributed by atoms with van der Waals surface area (Å²) in [5.41, 5.74) is -0.263. The number of amides is 1. The average Bonchev–Trinajstić information content (AvgIpc) is 3.14. The lowest BCUT2D eigenvalue weighted by atomic mass is 10.0. The lowest BCUT2D eigenvalue weighted by Crippen LogP contribution is -2.35. The summed E-state index contributed by atoms with van der Waals surface area (Å²) in [4.78, 5) is 12.4. The number of nitrogens with one attached hydrogen (secondary N) is 1. The zero-order chi connectivity index (χ0) is 38.8. The van der Waals surface area contributed by atoms with E-state index in [0.717, 1.165) is 25.9 Å². The molecule has 0 spiro atoms. The van der Waals surface area contributed by atoms with Gasteiger partial charge < -0.3 is 24.3 Å². The molecule has 0 fully saturated rings. The van der Waals surface area contributed by atoms with E-state index in [1.54, 1.807) is 0 Å². The Labute approximate surface area is 332 Å². The summed E-state index contributed by atoms with van der Waals surface area (Å²) in [6, 6.07) is 0. The fourth-order valence-corrected chi connectivity index (χ4v) is 7.16. The van der Waals surface area contributed by atoms with Crippen molar-refractivity contribution in [2.45, 2.75) is 258 Å². The molecule has 0 saturated heterocycles. The van der Waals surface area contributed by atoms with Crippen LogP contribution in [0.4, 0.5) is 4.79 Å². The van der Waals surface area contributed by atoms with Crippen molar-refractivity contribution < 1.29 is 23.7 Å². The van der Waals surface area contributed by atoms with E-state index in [-0.39, 0.29) is 18.3 Å². The smallest absolute Gasteiger partial charge is 0.407 e. The Morgan fingerprint density at radius 2 is 0.849 bits per heavy atom. The standard InChI is InChI=1S/C47H95NO5/c1-6-9-11-13-15-17-19-21-23-25-27-29-31-33-35-37-41-50-43-45(44-52-46(49)48-40-39-47(4,5)53-8-3)51-42-38-36-34-32-30-28-26-24-22-20-18-16-14-12-10-7-2/h45H,6-44H2,1-5H3,(H,48,49). The molecule has 6 heteroatoms. The summed E-state index contributed by atoms with van der Waals surface area (Å²) >= 11 is 0. The molecule has 0 radical (unpaired) electrons. The summed E-state index contributed by atoms with van der Waals surface area (Å²) in [5.74, 6) is 0. The first-order valence-corrected chi connectivity index (χ1v) is 23.7. The molecule has 0 aliphatic heterocycles. The van der Waals surface area contributed by atoms with E-state index in [0.29, 0.717) is 26.4 Å². The van der Waals surface area contributed by atoms with Crippen molar-refractivity contribution in [2.75, 3.05) is 39.6 Å². The molecule has 0 aliphatic rings. The molecule has 0 aromatic heterocycles. The second-order valence-electron chi connectivity index (χ2n) is 16.6. The van der Waals surface area contributed by atoms with Gasteiger partial charge in [0.25, 0.3) is 0 Å². The molecule has 0 aromatic rings. The van der Waals surface area contributed by atoms with Crippen molar-refractivity contribution in [1.29, 1.82) is 0 Å². The number of alkyl carbamates (subject to hydrolysis) is 1. The van der Waals surface area contributed by atoms with E-state index >= 15 is 0 Å². The topological polar surface area (TPSA) is 66.0 Å². The maximum atomic E-state index is 12.4. The molecule has 0 aliphatic carbocycles. The van der Waals surface area contributed by atoms with Crippen molar-refractivity contribution in [3.63, 3.8) is 0 Å². The summed E-state index contributed by atoms with van der Waals surface area (Å²) in [6.45, 7) is 14.0. The van der Waals surface area contributed by atoms with Crippen molar-refractivity contribution in [3.8, 4) is 0 Å². The van der Waals surface area contributed by atoms with Crippen LogP contribution in [0.2, 0.25) is 0 Å². The number of hydrogen-bond acceptors (Lipinski definition) is 5. The third-order valence-electron chi connectivity index (χ3n) is 10.7. The van der Waals surface area contributed by atoms with Gasteiger partial charge in [0.2, 0.25) is 0 Å². The summed E-state index contributed by atoms with van der Waals surface area (Å²) in [5, 5.41) is 2.87. The summed E-state index contributed by atoms with van der Waals surface area (Å²) < 4.78 is 23.5. The van der Waals surface area contributed by atoms with Crippen LogP contribution in [-0.2, 0) is 18.9 Å². The molecule has 6 nitrogen and oxygen atoms in total. The number of hydrogen-bond donors (Lipinski definition) is 1. The normalized spacial score (nSPS) is 12.4. The van der Waals surface area contributed by atoms with Gasteiger partial charge in [-0.15, -0.1) is 0 Å². The van der Waals surface area contributed by atoms with E-state index in [1.807, 2.05) is 20.8 Å². The predicted molar refractivity (Wildman–Crippen MR) is 229 cm³/mol. The lowest BCUT2D eigenvalue weighted by molar-refractivity contribution is -0.0472. The molecule has 318 valence electrons. The van der Waals surface area contributed by atoms with Gasteiger partial charge in [0.1, 0.15) is 12.7 Å². The van der Waals surface area contributed by atoms with Crippen LogP contribution in [0.15, 0.2) is 0 Å². The molecule has 53 heavy (non-hydrogen) atoms. The van der Waals surface area contributed by atoms with Crippen molar-refractivity contribution >= 4 is 6.09 Å². The summed E-state index contributed by atoms with van der Waals surface area (Å²) in [6.07, 6.45) is 43.8. The molecule has 1 amide bonds. The van der Waals surface area contributed by atoms with Crippen molar-refractivity contribution in [2.24, 2.45) is 0 Å². The van der Waals surface area contributed by atoms with Gasteiger partial charge in [0.05, 0.1) is 12.2 Å². The van der Waals surface area contributed by atoms with Crippen LogP contribution >= 0.6 is 0 Å². The Balaban J connectivity index is 4.03. The fourth-order valence-electron chi connectivity index (χ4n) is 7.16. The van der Waals surface area contributed by atoms with E-state index < -0.39 is 6.09 Å². The van der Waals surface area contributed by atoms with Crippen molar-refractivity contribution in [3.05, 3.63) is 0 Å². The fraction of sp³-hybridized carbons (Fsp3) is 0.979. The highest BCUT2D eigenvalue weighted by Crippen LogP contribution is 2.16. The molecule has 0 saturated carbocycles. The van der Waals surface area contributed by atoms with E-state index in [4.69, 9.17) is 18.9 Å². The van der Waals surface area contributed by atoms with Crippen molar-refractivity contribution in [1.82, 2.24) is 5.32 Å². The van der Waals surface area contributed by atoms with Crippen LogP contribution in [0.3, 0.4) is 0 Å². The third-order valence-corrected chi connectivity index (χ3v) is 10.7. The molecule has 1 atom stereocenters. The monoisotopic (exact) mass is 754 g/mol. The number of unbranched alkanes of at least 4 members (excludes halogenated alkanes) is 30. The van der Waals surface area contributed by atoms with E-state index in [1.165, 1.54) is 193 Å². The zero-order valence-corrected chi connectivity index (χ0v) is 36.7. The number of carbonyl (C=O) groups excluding carboxylic acids is 1. The van der Waals surface area contributed by atoms with Gasteiger partial charge in [-0.3, -0.25) is 0 Å². The maximum Gasteiger partial charge on any atom is 0.407 e. The second-order valence-corrected chi connectivity index (χ2v) is 16.6. The lowest BCUT2D eigenvalue weighted by Gasteiger charge is -2.24. The third kappa shape index (κ3) is 42.1. The van der Waals surface area contributed by atoms with Crippen LogP contribution in [0.5, 0.6) is 0 Å². The Kier molecular flexibility index (Phi) is 41.6. The molecule has 0 aromatic carbocycles. The van der Waals surface area contributed by atoms with Gasteiger partial charge in [-0.25, -0.2) is 4.79 Å². The Morgan fingerprint density at radius 3 is 1.23 bits per heavy atom. The largest absolute Gasteiger partial charge is 0.447 e. The first-order valence-electron chi connectivity index (χ1n) is 23.7. The van der Waals surface area contributed by atoms with Gasteiger partial charge in [-0.2, -0.15) is 0 Å². The van der Waals surface area contributed by atoms with Crippen LogP contribution in [-0.4, -0.2) is 57.4 Å². The van der Waals surface area contributed by atoms with Crippen LogP contribution in [0, 0.1) is 0 Å². The average molecular weight is 754 g/mol. The quantitative estimate of drug-likeness (QED) is 0.0628. The van der Waals surface area contributed by atoms with Gasteiger partial charge in [0, 0.05) is 26.4 Å². The minimum atomic E-state index is -0.397. The minimum absolute atomic E-state index is 0.221. The van der Waals surface area contributed by atoms with Crippen LogP contribution in [0.1, 0.15) is 247 Å². The molecule has 1 N–H and O–H groups in total. The van der Waals surface area contributed by atoms with Gasteiger partial charge in [0.15, 0.2) is 0 Å². The Hall–Kier alpha value is -0.850. The minimum Gasteiger partial charge on any atom is -0.447 e. The second kappa shape index (κ2) is 42.3. The Bertz CT molecular complexity index is 717. The molecule has 0 rings (SSSR count). The Morgan fingerprint density at radius 1 is 0.491 bits per heavy atom. The van der Waals surface area contributed by atoms with Crippen LogP contribution < -0.4 is 5.32 Å². The molecule has 0 bridgehead atoms. The van der Waals surface area contributed by atoms with E-state index in [9.17, 15) is 4.79 Å². The van der Waals surface area contributed by atoms with Crippen LogP contribution in [0.25, 0.3) is 0 Å². The van der Waals surface area contributed by atoms with Gasteiger partial charge in [-0.1, -0.05) is 206 Å². The number of ether oxygens (including phenoxy) is 4. The first kappa shape index (κ1) is 52.2. The highest BCUT2D eigenvalue weighted by molar-refractivity contribution is 5.67. The van der Waals surface area contributed by atoms with Gasteiger partial charge in [-0.05, 0) is 40.0 Å². The van der Waals surface area contributed by atoms with E-state index in [2.05, 4.69) is 19.2 Å². The summed E-state index contributed by atoms with van der Waals surface area (Å²) in [7, 11) is 0.